The Kier molecular flexibility index (Phi) is 6.08. The van der Waals surface area contributed by atoms with Crippen LogP contribution < -0.4 is 4.90 Å². The van der Waals surface area contributed by atoms with Crippen molar-refractivity contribution in [2.45, 2.75) is 63.0 Å². The Bertz CT molecular complexity index is 1110. The second-order valence-corrected chi connectivity index (χ2v) is 10.1. The van der Waals surface area contributed by atoms with Crippen molar-refractivity contribution in [3.8, 4) is 0 Å². The van der Waals surface area contributed by atoms with Crippen LogP contribution in [-0.2, 0) is 21.1 Å². The van der Waals surface area contributed by atoms with Gasteiger partial charge >= 0.3 is 12.1 Å². The van der Waals surface area contributed by atoms with E-state index in [0.29, 0.717) is 57.6 Å². The number of carbonyl (C=O) groups excluding carboxylic acids is 1. The van der Waals surface area contributed by atoms with Crippen molar-refractivity contribution in [1.82, 2.24) is 10.1 Å². The van der Waals surface area contributed by atoms with Crippen LogP contribution in [0, 0.1) is 17.9 Å². The molecule has 0 atom stereocenters. The van der Waals surface area contributed by atoms with E-state index in [0.717, 1.165) is 24.9 Å². The van der Waals surface area contributed by atoms with Crippen LogP contribution in [0.25, 0.3) is 4.85 Å². The van der Waals surface area contributed by atoms with Crippen LogP contribution in [0.3, 0.4) is 0 Å². The van der Waals surface area contributed by atoms with Crippen molar-refractivity contribution in [2.24, 2.45) is 11.3 Å². The van der Waals surface area contributed by atoms with Gasteiger partial charge in [-0.3, -0.25) is 4.79 Å². The van der Waals surface area contributed by atoms with Crippen LogP contribution >= 0.6 is 0 Å². The summed E-state index contributed by atoms with van der Waals surface area (Å²) >= 11 is 0. The summed E-state index contributed by atoms with van der Waals surface area (Å²) in [6.45, 7) is 9.03. The van der Waals surface area contributed by atoms with Crippen LogP contribution in [0.1, 0.15) is 63.1 Å². The first-order valence-electron chi connectivity index (χ1n) is 12.0. The standard InChI is InChI=1S/C25H27F3N4O3/c1-29-18-3-2-4-19(15-18)32(20(33)17-5-13-34-14-6-17)16-23-7-10-24(11-8-23,12-9-23)21-30-22(35-31-21)25(26,27)28/h2-4,15,17H,5-14,16H2. The number of rotatable bonds is 5. The zero-order chi connectivity index (χ0) is 24.7. The van der Waals surface area contributed by atoms with E-state index in [4.69, 9.17) is 11.3 Å². The molecule has 0 N–H and O–H groups in total. The van der Waals surface area contributed by atoms with Gasteiger partial charge in [-0.15, -0.1) is 0 Å². The molecule has 7 nitrogen and oxygen atoms in total. The van der Waals surface area contributed by atoms with Gasteiger partial charge in [0.25, 0.3) is 0 Å². The first kappa shape index (κ1) is 23.8. The van der Waals surface area contributed by atoms with Gasteiger partial charge in [0.05, 0.1) is 6.57 Å². The van der Waals surface area contributed by atoms with E-state index in [1.807, 2.05) is 11.0 Å². The second kappa shape index (κ2) is 8.94. The molecule has 1 aromatic heterocycles. The molecule has 4 fully saturated rings. The Labute approximate surface area is 201 Å². The highest BCUT2D eigenvalue weighted by atomic mass is 19.4. The lowest BCUT2D eigenvalue weighted by Gasteiger charge is -2.53. The fourth-order valence-electron chi connectivity index (χ4n) is 5.92. The molecule has 1 aliphatic heterocycles. The van der Waals surface area contributed by atoms with Gasteiger partial charge < -0.3 is 14.2 Å². The van der Waals surface area contributed by atoms with Crippen LogP contribution in [-0.4, -0.2) is 35.8 Å². The largest absolute Gasteiger partial charge is 0.471 e. The van der Waals surface area contributed by atoms with Gasteiger partial charge in [-0.05, 0) is 68.9 Å². The SMILES string of the molecule is [C-]#[N+]c1cccc(N(CC23CCC(c4noc(C(F)(F)F)n4)(CC2)CC3)C(=O)C2CCOCC2)c1. The first-order valence-corrected chi connectivity index (χ1v) is 12.0. The molecule has 10 heteroatoms. The number of nitrogens with zero attached hydrogens (tertiary/aromatic N) is 4. The minimum atomic E-state index is -4.65. The smallest absolute Gasteiger partial charge is 0.381 e. The molecule has 35 heavy (non-hydrogen) atoms. The molecule has 186 valence electrons. The maximum absolute atomic E-state index is 13.7. The molecule has 6 rings (SSSR count). The number of ether oxygens (including phenoxy) is 1. The van der Waals surface area contributed by atoms with Crippen LogP contribution in [0.4, 0.5) is 24.5 Å². The maximum atomic E-state index is 13.7. The third-order valence-corrected chi connectivity index (χ3v) is 8.15. The lowest BCUT2D eigenvalue weighted by atomic mass is 9.53. The van der Waals surface area contributed by atoms with Gasteiger partial charge in [0.2, 0.25) is 5.91 Å². The lowest BCUT2D eigenvalue weighted by molar-refractivity contribution is -0.159. The summed E-state index contributed by atoms with van der Waals surface area (Å²) in [6.07, 6.45) is 0.969. The number of benzene rings is 1. The Morgan fingerprint density at radius 1 is 1.14 bits per heavy atom. The minimum Gasteiger partial charge on any atom is -0.381 e. The van der Waals surface area contributed by atoms with Crippen LogP contribution in [0.15, 0.2) is 28.8 Å². The van der Waals surface area contributed by atoms with Gasteiger partial charge in [0, 0.05) is 36.8 Å². The van der Waals surface area contributed by atoms with E-state index in [-0.39, 0.29) is 23.1 Å². The van der Waals surface area contributed by atoms with Gasteiger partial charge in [0.1, 0.15) is 0 Å². The van der Waals surface area contributed by atoms with Gasteiger partial charge in [0.15, 0.2) is 11.5 Å². The summed E-state index contributed by atoms with van der Waals surface area (Å²) in [5.74, 6) is -1.21. The predicted molar refractivity (Wildman–Crippen MR) is 120 cm³/mol. The van der Waals surface area contributed by atoms with Gasteiger partial charge in [-0.1, -0.05) is 17.3 Å². The average Bonchev–Trinajstić information content (AvgIpc) is 3.41. The predicted octanol–water partition coefficient (Wildman–Crippen LogP) is 5.69. The number of amides is 1. The molecule has 2 heterocycles. The number of hydrogen-bond donors (Lipinski definition) is 0. The molecular weight excluding hydrogens is 461 g/mol. The lowest BCUT2D eigenvalue weighted by Crippen LogP contribution is -2.52. The Morgan fingerprint density at radius 2 is 1.83 bits per heavy atom. The molecule has 1 saturated heterocycles. The number of hydrogen-bond acceptors (Lipinski definition) is 5. The third kappa shape index (κ3) is 4.54. The van der Waals surface area contributed by atoms with Crippen molar-refractivity contribution in [1.29, 1.82) is 0 Å². The fourth-order valence-corrected chi connectivity index (χ4v) is 5.92. The molecule has 0 unspecified atom stereocenters. The number of alkyl halides is 3. The zero-order valence-corrected chi connectivity index (χ0v) is 19.3. The number of carbonyl (C=O) groups is 1. The Hall–Kier alpha value is -2.93. The molecule has 2 bridgehead atoms. The highest BCUT2D eigenvalue weighted by molar-refractivity contribution is 5.95. The highest BCUT2D eigenvalue weighted by Gasteiger charge is 2.53. The van der Waals surface area contributed by atoms with Crippen molar-refractivity contribution in [3.63, 3.8) is 0 Å². The van der Waals surface area contributed by atoms with Gasteiger partial charge in [-0.25, -0.2) is 4.85 Å². The summed E-state index contributed by atoms with van der Waals surface area (Å²) in [5.41, 5.74) is 0.565. The zero-order valence-electron chi connectivity index (χ0n) is 19.3. The number of fused-ring (bicyclic) bond motifs is 3. The molecular formula is C25H27F3N4O3. The molecule has 3 aliphatic carbocycles. The van der Waals surface area contributed by atoms with Crippen molar-refractivity contribution < 1.29 is 27.2 Å². The molecule has 2 aromatic rings. The van der Waals surface area contributed by atoms with Gasteiger partial charge in [-0.2, -0.15) is 18.2 Å². The highest BCUT2D eigenvalue weighted by Crippen LogP contribution is 2.58. The van der Waals surface area contributed by atoms with Crippen molar-refractivity contribution in [2.75, 3.05) is 24.7 Å². The molecule has 0 radical (unpaired) electrons. The summed E-state index contributed by atoms with van der Waals surface area (Å²) in [7, 11) is 0. The van der Waals surface area contributed by atoms with E-state index in [9.17, 15) is 18.0 Å². The van der Waals surface area contributed by atoms with Crippen molar-refractivity contribution in [3.05, 3.63) is 47.4 Å². The summed E-state index contributed by atoms with van der Waals surface area (Å²) in [5, 5.41) is 3.70. The minimum absolute atomic E-state index is 0.0557. The Morgan fingerprint density at radius 3 is 2.43 bits per heavy atom. The van der Waals surface area contributed by atoms with E-state index >= 15 is 0 Å². The van der Waals surface area contributed by atoms with Crippen LogP contribution in [0.5, 0.6) is 0 Å². The van der Waals surface area contributed by atoms with E-state index in [1.165, 1.54) is 0 Å². The quantitative estimate of drug-likeness (QED) is 0.506. The monoisotopic (exact) mass is 488 g/mol. The summed E-state index contributed by atoms with van der Waals surface area (Å²) < 4.78 is 49.0. The summed E-state index contributed by atoms with van der Waals surface area (Å²) in [4.78, 5) is 22.8. The molecule has 3 saturated carbocycles. The van der Waals surface area contributed by atoms with Crippen LogP contribution in [0.2, 0.25) is 0 Å². The van der Waals surface area contributed by atoms with E-state index in [2.05, 4.69) is 19.5 Å². The van der Waals surface area contributed by atoms with E-state index in [1.54, 1.807) is 18.2 Å². The molecule has 0 spiro atoms. The molecule has 1 amide bonds. The topological polar surface area (TPSA) is 72.8 Å². The fraction of sp³-hybridized carbons (Fsp3) is 0.600. The Balaban J connectivity index is 1.37. The maximum Gasteiger partial charge on any atom is 0.471 e. The molecule has 1 aromatic carbocycles. The second-order valence-electron chi connectivity index (χ2n) is 10.1. The summed E-state index contributed by atoms with van der Waals surface area (Å²) in [6, 6.07) is 7.15. The van der Waals surface area contributed by atoms with E-state index < -0.39 is 17.5 Å². The average molecular weight is 489 g/mol. The number of aromatic nitrogens is 2. The normalized spacial score (nSPS) is 26.9. The van der Waals surface area contributed by atoms with Crippen molar-refractivity contribution >= 4 is 17.3 Å². The first-order chi connectivity index (χ1) is 16.7. The third-order valence-electron chi connectivity index (χ3n) is 8.15. The molecule has 4 aliphatic rings. The number of anilines is 1. The number of halogens is 3.